The molecule has 0 bridgehead atoms. The molecule has 2 unspecified atom stereocenters. The topological polar surface area (TPSA) is 64.6 Å². The smallest absolute Gasteiger partial charge is 0.407 e. The summed E-state index contributed by atoms with van der Waals surface area (Å²) in [5.41, 5.74) is 1.72. The third kappa shape index (κ3) is 4.42. The number of aryl methyl sites for hydroxylation is 1. The Balaban J connectivity index is 2.10. The summed E-state index contributed by atoms with van der Waals surface area (Å²) in [5, 5.41) is 16.0. The third-order valence-electron chi connectivity index (χ3n) is 4.51. The van der Waals surface area contributed by atoms with Gasteiger partial charge in [-0.1, -0.05) is 6.07 Å². The summed E-state index contributed by atoms with van der Waals surface area (Å²) in [6, 6.07) is 4.42. The van der Waals surface area contributed by atoms with E-state index < -0.39 is 6.09 Å². The van der Waals surface area contributed by atoms with Gasteiger partial charge in [-0.05, 0) is 69.1 Å². The highest BCUT2D eigenvalue weighted by Crippen LogP contribution is 2.38. The number of nitrogens with zero attached hydrogens (tertiary/aromatic N) is 1. The van der Waals surface area contributed by atoms with Gasteiger partial charge in [-0.2, -0.15) is 0 Å². The quantitative estimate of drug-likeness (QED) is 0.674. The van der Waals surface area contributed by atoms with E-state index in [0.717, 1.165) is 43.6 Å². The number of carboxylic acid groups (broad SMARTS) is 1. The molecule has 1 amide bonds. The summed E-state index contributed by atoms with van der Waals surface area (Å²) in [6.45, 7) is 5.00. The van der Waals surface area contributed by atoms with Crippen LogP contribution in [0.3, 0.4) is 0 Å². The first-order valence-corrected chi connectivity index (χ1v) is 8.15. The van der Waals surface area contributed by atoms with Crippen LogP contribution in [0.4, 0.5) is 9.18 Å². The molecular weight excluding hydrogens is 297 g/mol. The number of likely N-dealkylation sites (tertiary alicyclic amines) is 1. The van der Waals surface area contributed by atoms with Crippen molar-refractivity contribution in [1.82, 2.24) is 15.5 Å². The fraction of sp³-hybridized carbons (Fsp3) is 0.588. The molecule has 1 saturated heterocycles. The van der Waals surface area contributed by atoms with Gasteiger partial charge >= 0.3 is 6.09 Å². The number of benzene rings is 1. The molecule has 2 rings (SSSR count). The van der Waals surface area contributed by atoms with Crippen LogP contribution in [0.15, 0.2) is 18.2 Å². The van der Waals surface area contributed by atoms with Crippen LogP contribution in [0.25, 0.3) is 0 Å². The van der Waals surface area contributed by atoms with Crippen molar-refractivity contribution in [2.24, 2.45) is 5.92 Å². The lowest BCUT2D eigenvalue weighted by molar-refractivity contribution is 0.134. The van der Waals surface area contributed by atoms with Gasteiger partial charge in [-0.25, -0.2) is 9.18 Å². The summed E-state index contributed by atoms with van der Waals surface area (Å²) < 4.78 is 13.4. The van der Waals surface area contributed by atoms with Gasteiger partial charge in [0.1, 0.15) is 5.82 Å². The molecule has 1 fully saturated rings. The molecule has 2 atom stereocenters. The van der Waals surface area contributed by atoms with E-state index in [4.69, 9.17) is 0 Å². The van der Waals surface area contributed by atoms with Gasteiger partial charge in [-0.15, -0.1) is 0 Å². The minimum absolute atomic E-state index is 0.204. The first-order valence-electron chi connectivity index (χ1n) is 8.15. The maximum Gasteiger partial charge on any atom is 0.407 e. The average Bonchev–Trinajstić information content (AvgIpc) is 2.91. The summed E-state index contributed by atoms with van der Waals surface area (Å²) >= 11 is 0. The highest BCUT2D eigenvalue weighted by Gasteiger charge is 2.38. The predicted molar refractivity (Wildman–Crippen MR) is 88.1 cm³/mol. The van der Waals surface area contributed by atoms with E-state index in [0.29, 0.717) is 6.54 Å². The van der Waals surface area contributed by atoms with Crippen molar-refractivity contribution in [1.29, 1.82) is 0 Å². The van der Waals surface area contributed by atoms with Crippen molar-refractivity contribution in [3.63, 3.8) is 0 Å². The van der Waals surface area contributed by atoms with Crippen LogP contribution < -0.4 is 10.6 Å². The van der Waals surface area contributed by atoms with Gasteiger partial charge in [0.15, 0.2) is 0 Å². The highest BCUT2D eigenvalue weighted by atomic mass is 19.1. The molecule has 3 N–H and O–H groups in total. The zero-order valence-electron chi connectivity index (χ0n) is 13.8. The number of amides is 1. The van der Waals surface area contributed by atoms with Crippen LogP contribution >= 0.6 is 0 Å². The van der Waals surface area contributed by atoms with E-state index in [1.54, 1.807) is 6.07 Å². The van der Waals surface area contributed by atoms with Crippen molar-refractivity contribution in [3.05, 3.63) is 35.1 Å². The van der Waals surface area contributed by atoms with Gasteiger partial charge in [0.25, 0.3) is 0 Å². The van der Waals surface area contributed by atoms with Crippen LogP contribution in [-0.4, -0.2) is 49.3 Å². The Bertz CT molecular complexity index is 539. The Labute approximate surface area is 136 Å². The number of hydrogen-bond donors (Lipinski definition) is 3. The zero-order valence-corrected chi connectivity index (χ0v) is 13.8. The molecule has 1 aliphatic heterocycles. The lowest BCUT2D eigenvalue weighted by Crippen LogP contribution is -2.34. The van der Waals surface area contributed by atoms with E-state index >= 15 is 0 Å². The Hall–Kier alpha value is -1.66. The SMILES string of the molecule is CNCCCNCC1CCN(C(=O)O)C1c1ccc(F)cc1C. The molecule has 5 nitrogen and oxygen atoms in total. The zero-order chi connectivity index (χ0) is 16.8. The Morgan fingerprint density at radius 1 is 1.43 bits per heavy atom. The molecule has 1 aromatic rings. The molecule has 0 aliphatic carbocycles. The first kappa shape index (κ1) is 17.7. The van der Waals surface area contributed by atoms with E-state index in [1.165, 1.54) is 17.0 Å². The molecule has 0 radical (unpaired) electrons. The number of carbonyl (C=O) groups is 1. The van der Waals surface area contributed by atoms with E-state index in [-0.39, 0.29) is 17.8 Å². The molecule has 1 aliphatic rings. The highest BCUT2D eigenvalue weighted by molar-refractivity contribution is 5.66. The second-order valence-electron chi connectivity index (χ2n) is 6.13. The van der Waals surface area contributed by atoms with Crippen molar-refractivity contribution in [2.75, 3.05) is 33.2 Å². The van der Waals surface area contributed by atoms with Crippen LogP contribution in [0.1, 0.15) is 30.0 Å². The lowest BCUT2D eigenvalue weighted by atomic mass is 9.90. The first-order chi connectivity index (χ1) is 11.0. The fourth-order valence-electron chi connectivity index (χ4n) is 3.36. The number of halogens is 1. The second kappa shape index (κ2) is 8.26. The summed E-state index contributed by atoms with van der Waals surface area (Å²) in [4.78, 5) is 13.0. The van der Waals surface area contributed by atoms with Gasteiger partial charge in [-0.3, -0.25) is 0 Å². The Kier molecular flexibility index (Phi) is 6.36. The molecular formula is C17H26FN3O2. The Morgan fingerprint density at radius 3 is 2.87 bits per heavy atom. The maximum atomic E-state index is 13.4. The molecule has 6 heteroatoms. The minimum atomic E-state index is -0.906. The fourth-order valence-corrected chi connectivity index (χ4v) is 3.36. The summed E-state index contributed by atoms with van der Waals surface area (Å²) in [6.07, 6.45) is 0.954. The van der Waals surface area contributed by atoms with Crippen LogP contribution in [0, 0.1) is 18.7 Å². The van der Waals surface area contributed by atoms with E-state index in [1.807, 2.05) is 14.0 Å². The molecule has 0 saturated carbocycles. The number of nitrogens with one attached hydrogen (secondary N) is 2. The lowest BCUT2D eigenvalue weighted by Gasteiger charge is -2.28. The van der Waals surface area contributed by atoms with Crippen LogP contribution in [0.2, 0.25) is 0 Å². The van der Waals surface area contributed by atoms with Crippen LogP contribution in [-0.2, 0) is 0 Å². The second-order valence-corrected chi connectivity index (χ2v) is 6.13. The molecule has 0 aromatic heterocycles. The number of rotatable bonds is 7. The molecule has 128 valence electrons. The monoisotopic (exact) mass is 323 g/mol. The van der Waals surface area contributed by atoms with Crippen molar-refractivity contribution in [2.45, 2.75) is 25.8 Å². The van der Waals surface area contributed by atoms with Crippen LogP contribution in [0.5, 0.6) is 0 Å². The standard InChI is InChI=1S/C17H26FN3O2/c1-12-10-14(18)4-5-15(12)16-13(6-9-21(16)17(22)23)11-20-8-3-7-19-2/h4-5,10,13,16,19-20H,3,6-9,11H2,1-2H3,(H,22,23). The molecule has 1 heterocycles. The average molecular weight is 323 g/mol. The summed E-state index contributed by atoms with van der Waals surface area (Å²) in [7, 11) is 1.93. The van der Waals surface area contributed by atoms with Gasteiger partial charge < -0.3 is 20.6 Å². The van der Waals surface area contributed by atoms with Crippen molar-refractivity contribution < 1.29 is 14.3 Å². The Morgan fingerprint density at radius 2 is 2.22 bits per heavy atom. The summed E-state index contributed by atoms with van der Waals surface area (Å²) in [5.74, 6) is -0.0716. The molecule has 1 aromatic carbocycles. The minimum Gasteiger partial charge on any atom is -0.465 e. The predicted octanol–water partition coefficient (Wildman–Crippen LogP) is 2.37. The largest absolute Gasteiger partial charge is 0.465 e. The van der Waals surface area contributed by atoms with Crippen molar-refractivity contribution in [3.8, 4) is 0 Å². The normalized spacial score (nSPS) is 20.9. The number of hydrogen-bond acceptors (Lipinski definition) is 3. The third-order valence-corrected chi connectivity index (χ3v) is 4.51. The molecule has 23 heavy (non-hydrogen) atoms. The van der Waals surface area contributed by atoms with Gasteiger partial charge in [0, 0.05) is 13.1 Å². The van der Waals surface area contributed by atoms with Gasteiger partial charge in [0.05, 0.1) is 6.04 Å². The maximum absolute atomic E-state index is 13.4. The van der Waals surface area contributed by atoms with E-state index in [9.17, 15) is 14.3 Å². The van der Waals surface area contributed by atoms with E-state index in [2.05, 4.69) is 10.6 Å². The van der Waals surface area contributed by atoms with Gasteiger partial charge in [0.2, 0.25) is 0 Å². The van der Waals surface area contributed by atoms with Crippen molar-refractivity contribution >= 4 is 6.09 Å². The molecule has 0 spiro atoms.